The smallest absolute Gasteiger partial charge is 0.239 e. The fourth-order valence-electron chi connectivity index (χ4n) is 1.38. The zero-order valence-electron chi connectivity index (χ0n) is 11.0. The van der Waals surface area contributed by atoms with Crippen molar-refractivity contribution in [1.29, 1.82) is 5.26 Å². The maximum atomic E-state index is 11.6. The number of rotatable bonds is 5. The lowest BCUT2D eigenvalue weighted by molar-refractivity contribution is -0.126. The third kappa shape index (κ3) is 3.77. The number of nitrogens with one attached hydrogen (secondary N) is 1. The van der Waals surface area contributed by atoms with Crippen LogP contribution in [0.15, 0.2) is 24.3 Å². The quantitative estimate of drug-likeness (QED) is 0.863. The van der Waals surface area contributed by atoms with Gasteiger partial charge in [0.25, 0.3) is 0 Å². The van der Waals surface area contributed by atoms with Crippen LogP contribution in [0.25, 0.3) is 0 Å². The minimum atomic E-state index is -0.972. The minimum absolute atomic E-state index is 0.237. The van der Waals surface area contributed by atoms with E-state index in [4.69, 9.17) is 10.00 Å². The summed E-state index contributed by atoms with van der Waals surface area (Å²) >= 11 is 0. The SMILES string of the molecule is COc1ccc(CCNC(=O)C(C)(C)C#N)cc1. The van der Waals surface area contributed by atoms with E-state index in [1.54, 1.807) is 21.0 Å². The standard InChI is InChI=1S/C14H18N2O2/c1-14(2,10-15)13(17)16-9-8-11-4-6-12(18-3)7-5-11/h4-7H,8-9H2,1-3H3,(H,16,17). The van der Waals surface area contributed by atoms with Crippen molar-refractivity contribution in [1.82, 2.24) is 5.32 Å². The molecular weight excluding hydrogens is 228 g/mol. The monoisotopic (exact) mass is 246 g/mol. The molecule has 0 atom stereocenters. The van der Waals surface area contributed by atoms with Crippen LogP contribution in [0.2, 0.25) is 0 Å². The van der Waals surface area contributed by atoms with Gasteiger partial charge >= 0.3 is 0 Å². The number of nitriles is 1. The lowest BCUT2D eigenvalue weighted by Gasteiger charge is -2.14. The number of benzene rings is 1. The molecule has 0 saturated carbocycles. The maximum absolute atomic E-state index is 11.6. The Balaban J connectivity index is 2.42. The molecule has 0 heterocycles. The van der Waals surface area contributed by atoms with Crippen LogP contribution in [0.3, 0.4) is 0 Å². The predicted octanol–water partition coefficient (Wildman–Crippen LogP) is 1.90. The lowest BCUT2D eigenvalue weighted by atomic mass is 9.95. The van der Waals surface area contributed by atoms with E-state index in [1.165, 1.54) is 0 Å². The molecule has 0 bridgehead atoms. The topological polar surface area (TPSA) is 62.1 Å². The number of hydrogen-bond donors (Lipinski definition) is 1. The van der Waals surface area contributed by atoms with Gasteiger partial charge in [-0.2, -0.15) is 5.26 Å². The Morgan fingerprint density at radius 1 is 1.39 bits per heavy atom. The zero-order valence-corrected chi connectivity index (χ0v) is 11.0. The molecule has 0 aromatic heterocycles. The van der Waals surface area contributed by atoms with Crippen molar-refractivity contribution < 1.29 is 9.53 Å². The molecular formula is C14H18N2O2. The normalized spacial score (nSPS) is 10.6. The molecule has 0 saturated heterocycles. The molecule has 0 aliphatic heterocycles. The fraction of sp³-hybridized carbons (Fsp3) is 0.429. The second-order valence-corrected chi connectivity index (χ2v) is 4.59. The average Bonchev–Trinajstić information content (AvgIpc) is 2.39. The molecule has 4 heteroatoms. The number of amides is 1. The highest BCUT2D eigenvalue weighted by molar-refractivity contribution is 5.84. The molecule has 1 aromatic carbocycles. The molecule has 1 aromatic rings. The van der Waals surface area contributed by atoms with E-state index >= 15 is 0 Å². The summed E-state index contributed by atoms with van der Waals surface area (Å²) in [6.07, 6.45) is 0.733. The minimum Gasteiger partial charge on any atom is -0.497 e. The van der Waals surface area contributed by atoms with Crippen LogP contribution in [-0.4, -0.2) is 19.6 Å². The van der Waals surface area contributed by atoms with E-state index in [0.29, 0.717) is 6.54 Å². The van der Waals surface area contributed by atoms with Gasteiger partial charge in [-0.05, 0) is 38.0 Å². The Morgan fingerprint density at radius 2 is 2.00 bits per heavy atom. The molecule has 0 spiro atoms. The van der Waals surface area contributed by atoms with E-state index in [2.05, 4.69) is 5.32 Å². The van der Waals surface area contributed by atoms with Crippen molar-refractivity contribution >= 4 is 5.91 Å². The first-order valence-corrected chi connectivity index (χ1v) is 5.82. The van der Waals surface area contributed by atoms with Gasteiger partial charge in [0.2, 0.25) is 5.91 Å². The van der Waals surface area contributed by atoms with Gasteiger partial charge in [0.1, 0.15) is 11.2 Å². The zero-order chi connectivity index (χ0) is 13.6. The van der Waals surface area contributed by atoms with Crippen molar-refractivity contribution in [3.63, 3.8) is 0 Å². The Morgan fingerprint density at radius 3 is 2.50 bits per heavy atom. The maximum Gasteiger partial charge on any atom is 0.239 e. The van der Waals surface area contributed by atoms with Gasteiger partial charge in [0, 0.05) is 6.54 Å². The number of ether oxygens (including phenoxy) is 1. The van der Waals surface area contributed by atoms with E-state index in [0.717, 1.165) is 17.7 Å². The van der Waals surface area contributed by atoms with Crippen LogP contribution >= 0.6 is 0 Å². The van der Waals surface area contributed by atoms with Gasteiger partial charge in [0.15, 0.2) is 0 Å². The van der Waals surface area contributed by atoms with E-state index in [1.807, 2.05) is 30.3 Å². The summed E-state index contributed by atoms with van der Waals surface area (Å²) in [7, 11) is 1.62. The van der Waals surface area contributed by atoms with Gasteiger partial charge < -0.3 is 10.1 Å². The summed E-state index contributed by atoms with van der Waals surface area (Å²) < 4.78 is 5.07. The largest absolute Gasteiger partial charge is 0.497 e. The predicted molar refractivity (Wildman–Crippen MR) is 69.1 cm³/mol. The fourth-order valence-corrected chi connectivity index (χ4v) is 1.38. The van der Waals surface area contributed by atoms with Crippen LogP contribution in [0, 0.1) is 16.7 Å². The van der Waals surface area contributed by atoms with E-state index in [-0.39, 0.29) is 5.91 Å². The molecule has 1 rings (SSSR count). The highest BCUT2D eigenvalue weighted by Gasteiger charge is 2.26. The van der Waals surface area contributed by atoms with Crippen LogP contribution in [-0.2, 0) is 11.2 Å². The number of carbonyl (C=O) groups excluding carboxylic acids is 1. The van der Waals surface area contributed by atoms with Gasteiger partial charge in [-0.1, -0.05) is 12.1 Å². The molecule has 0 fully saturated rings. The summed E-state index contributed by atoms with van der Waals surface area (Å²) in [4.78, 5) is 11.6. The third-order valence-electron chi connectivity index (χ3n) is 2.71. The first kappa shape index (κ1) is 14.0. The van der Waals surface area contributed by atoms with E-state index in [9.17, 15) is 4.79 Å². The highest BCUT2D eigenvalue weighted by atomic mass is 16.5. The average molecular weight is 246 g/mol. The van der Waals surface area contributed by atoms with Gasteiger partial charge in [-0.15, -0.1) is 0 Å². The van der Waals surface area contributed by atoms with Crippen molar-refractivity contribution in [2.45, 2.75) is 20.3 Å². The molecule has 4 nitrogen and oxygen atoms in total. The molecule has 1 N–H and O–H groups in total. The summed E-state index contributed by atoms with van der Waals surface area (Å²) in [6, 6.07) is 9.66. The van der Waals surface area contributed by atoms with Crippen molar-refractivity contribution in [2.75, 3.05) is 13.7 Å². The number of methoxy groups -OCH3 is 1. The molecule has 0 aliphatic rings. The molecule has 1 amide bonds. The summed E-state index contributed by atoms with van der Waals surface area (Å²) in [5, 5.41) is 11.6. The molecule has 96 valence electrons. The number of hydrogen-bond acceptors (Lipinski definition) is 3. The molecule has 0 aliphatic carbocycles. The Labute approximate surface area is 108 Å². The number of nitrogens with zero attached hydrogens (tertiary/aromatic N) is 1. The Hall–Kier alpha value is -2.02. The highest BCUT2D eigenvalue weighted by Crippen LogP contribution is 2.13. The summed E-state index contributed by atoms with van der Waals surface area (Å²) in [5.74, 6) is 0.576. The summed E-state index contributed by atoms with van der Waals surface area (Å²) in [6.45, 7) is 3.74. The Bertz CT molecular complexity index is 444. The van der Waals surface area contributed by atoms with Gasteiger partial charge in [0.05, 0.1) is 13.2 Å². The van der Waals surface area contributed by atoms with E-state index < -0.39 is 5.41 Å². The molecule has 18 heavy (non-hydrogen) atoms. The van der Waals surface area contributed by atoms with Crippen LogP contribution in [0.5, 0.6) is 5.75 Å². The third-order valence-corrected chi connectivity index (χ3v) is 2.71. The van der Waals surface area contributed by atoms with Crippen molar-refractivity contribution in [3.8, 4) is 11.8 Å². The lowest BCUT2D eigenvalue weighted by Crippen LogP contribution is -2.36. The first-order valence-electron chi connectivity index (χ1n) is 5.82. The first-order chi connectivity index (χ1) is 8.49. The molecule has 0 radical (unpaired) electrons. The molecule has 0 unspecified atom stereocenters. The van der Waals surface area contributed by atoms with Crippen LogP contribution < -0.4 is 10.1 Å². The Kier molecular flexibility index (Phi) is 4.73. The second-order valence-electron chi connectivity index (χ2n) is 4.59. The van der Waals surface area contributed by atoms with Crippen molar-refractivity contribution in [3.05, 3.63) is 29.8 Å². The van der Waals surface area contributed by atoms with Crippen LogP contribution in [0.4, 0.5) is 0 Å². The van der Waals surface area contributed by atoms with Gasteiger partial charge in [-0.3, -0.25) is 4.79 Å². The second kappa shape index (κ2) is 6.06. The van der Waals surface area contributed by atoms with Gasteiger partial charge in [-0.25, -0.2) is 0 Å². The van der Waals surface area contributed by atoms with Crippen LogP contribution in [0.1, 0.15) is 19.4 Å². The number of carbonyl (C=O) groups is 1. The van der Waals surface area contributed by atoms with Crippen molar-refractivity contribution in [2.24, 2.45) is 5.41 Å². The summed E-state index contributed by atoms with van der Waals surface area (Å²) in [5.41, 5.74) is 0.144.